The molecule has 0 aromatic carbocycles. The van der Waals surface area contributed by atoms with Crippen LogP contribution in [-0.4, -0.2) is 26.0 Å². The van der Waals surface area contributed by atoms with Crippen molar-refractivity contribution >= 4 is 26.0 Å². The van der Waals surface area contributed by atoms with Crippen LogP contribution in [0, 0.1) is 0 Å². The molecular formula is C7H13O2Sn. The first kappa shape index (κ1) is 10.0. The molecule has 0 rings (SSSR count). The van der Waals surface area contributed by atoms with Gasteiger partial charge in [0, 0.05) is 0 Å². The average molecular weight is 248 g/mol. The van der Waals surface area contributed by atoms with Gasteiger partial charge in [-0.15, -0.1) is 0 Å². The predicted molar refractivity (Wildman–Crippen MR) is 43.0 cm³/mol. The summed E-state index contributed by atoms with van der Waals surface area (Å²) in [6.45, 7) is 3.36. The van der Waals surface area contributed by atoms with Crippen LogP contribution < -0.4 is 0 Å². The third kappa shape index (κ3) is 6.13. The van der Waals surface area contributed by atoms with Crippen molar-refractivity contribution in [3.63, 3.8) is 0 Å². The van der Waals surface area contributed by atoms with Crippen molar-refractivity contribution in [2.75, 3.05) is 0 Å². The van der Waals surface area contributed by atoms with Gasteiger partial charge in [0.2, 0.25) is 0 Å². The van der Waals surface area contributed by atoms with E-state index >= 15 is 0 Å². The fraction of sp³-hybridized carbons (Fsp3) is 0.571. The van der Waals surface area contributed by atoms with E-state index in [1.54, 1.807) is 0 Å². The van der Waals surface area contributed by atoms with Gasteiger partial charge in [0.05, 0.1) is 0 Å². The summed E-state index contributed by atoms with van der Waals surface area (Å²) < 4.78 is 5.40. The van der Waals surface area contributed by atoms with E-state index in [2.05, 4.69) is 9.88 Å². The van der Waals surface area contributed by atoms with Gasteiger partial charge in [-0.1, -0.05) is 0 Å². The first-order valence-electron chi connectivity index (χ1n) is 3.19. The van der Waals surface area contributed by atoms with Crippen molar-refractivity contribution < 1.29 is 7.87 Å². The Hall–Kier alpha value is 0.00870. The number of rotatable bonds is 3. The van der Waals surface area contributed by atoms with Crippen molar-refractivity contribution in [3.8, 4) is 0 Å². The van der Waals surface area contributed by atoms with Gasteiger partial charge in [0.1, 0.15) is 0 Å². The molecule has 0 aromatic rings. The molecule has 0 N–H and O–H groups in total. The SMILES string of the molecule is CC(=O)/C=C(/C)[O][Sn]([CH3])[CH3]. The molecule has 10 heavy (non-hydrogen) atoms. The van der Waals surface area contributed by atoms with Gasteiger partial charge in [-0.05, 0) is 0 Å². The minimum atomic E-state index is -1.49. The normalized spacial score (nSPS) is 11.9. The topological polar surface area (TPSA) is 26.3 Å². The van der Waals surface area contributed by atoms with Crippen LogP contribution in [0.3, 0.4) is 0 Å². The summed E-state index contributed by atoms with van der Waals surface area (Å²) in [5, 5.41) is 0. The first-order valence-corrected chi connectivity index (χ1v) is 10.1. The summed E-state index contributed by atoms with van der Waals surface area (Å²) in [6.07, 6.45) is 1.54. The maximum absolute atomic E-state index is 10.5. The van der Waals surface area contributed by atoms with E-state index in [-0.39, 0.29) is 5.78 Å². The molecule has 0 aliphatic heterocycles. The Labute approximate surface area is 69.5 Å². The molecule has 0 bridgehead atoms. The molecule has 0 aliphatic carbocycles. The number of allylic oxidation sites excluding steroid dienone is 2. The Kier molecular flexibility index (Phi) is 4.77. The van der Waals surface area contributed by atoms with Crippen molar-refractivity contribution in [1.82, 2.24) is 0 Å². The van der Waals surface area contributed by atoms with Crippen LogP contribution in [0.15, 0.2) is 11.8 Å². The Morgan fingerprint density at radius 2 is 1.90 bits per heavy atom. The third-order valence-electron chi connectivity index (χ3n) is 0.772. The van der Waals surface area contributed by atoms with Crippen molar-refractivity contribution in [2.45, 2.75) is 23.7 Å². The molecule has 0 atom stereocenters. The number of ketones is 1. The van der Waals surface area contributed by atoms with Crippen LogP contribution in [0.2, 0.25) is 9.88 Å². The Morgan fingerprint density at radius 3 is 2.20 bits per heavy atom. The summed E-state index contributed by atoms with van der Waals surface area (Å²) in [5.74, 6) is 0.828. The van der Waals surface area contributed by atoms with Gasteiger partial charge < -0.3 is 0 Å². The second-order valence-corrected chi connectivity index (χ2v) is 8.14. The Balaban J connectivity index is 3.83. The van der Waals surface area contributed by atoms with Gasteiger partial charge in [0.15, 0.2) is 0 Å². The molecule has 57 valence electrons. The van der Waals surface area contributed by atoms with Crippen molar-refractivity contribution in [1.29, 1.82) is 0 Å². The van der Waals surface area contributed by atoms with Crippen molar-refractivity contribution in [2.24, 2.45) is 0 Å². The average Bonchev–Trinajstić information content (AvgIpc) is 1.58. The molecule has 3 heteroatoms. The van der Waals surface area contributed by atoms with E-state index < -0.39 is 20.2 Å². The molecule has 0 aliphatic rings. The second-order valence-electron chi connectivity index (χ2n) is 2.38. The maximum atomic E-state index is 10.5. The van der Waals surface area contributed by atoms with Crippen LogP contribution in [0.25, 0.3) is 0 Å². The number of carbonyl (C=O) groups is 1. The van der Waals surface area contributed by atoms with Gasteiger partial charge in [-0.3, -0.25) is 0 Å². The summed E-state index contributed by atoms with van der Waals surface area (Å²) in [4.78, 5) is 14.8. The molecule has 0 amide bonds. The predicted octanol–water partition coefficient (Wildman–Crippen LogP) is 1.75. The van der Waals surface area contributed by atoms with E-state index in [1.165, 1.54) is 13.0 Å². The summed E-state index contributed by atoms with van der Waals surface area (Å²) >= 11 is -1.49. The molecule has 0 aromatic heterocycles. The zero-order valence-corrected chi connectivity index (χ0v) is 9.75. The zero-order chi connectivity index (χ0) is 8.15. The van der Waals surface area contributed by atoms with E-state index in [0.29, 0.717) is 0 Å². The number of carbonyl (C=O) groups excluding carboxylic acids is 1. The second kappa shape index (κ2) is 4.77. The Morgan fingerprint density at radius 1 is 1.40 bits per heavy atom. The summed E-state index contributed by atoms with van der Waals surface area (Å²) in [5.41, 5.74) is 0. The van der Waals surface area contributed by atoms with Gasteiger partial charge in [0.25, 0.3) is 0 Å². The Bertz CT molecular complexity index is 150. The van der Waals surface area contributed by atoms with E-state index in [0.717, 1.165) is 5.76 Å². The third-order valence-corrected chi connectivity index (χ3v) is 2.86. The molecule has 0 spiro atoms. The fourth-order valence-electron chi connectivity index (χ4n) is 0.638. The van der Waals surface area contributed by atoms with E-state index in [4.69, 9.17) is 3.07 Å². The van der Waals surface area contributed by atoms with E-state index in [9.17, 15) is 4.79 Å². The first-order chi connectivity index (χ1) is 4.52. The molecule has 2 nitrogen and oxygen atoms in total. The van der Waals surface area contributed by atoms with Crippen LogP contribution in [0.4, 0.5) is 0 Å². The molecule has 0 saturated carbocycles. The van der Waals surface area contributed by atoms with Crippen LogP contribution in [0.1, 0.15) is 13.8 Å². The molecule has 0 saturated heterocycles. The zero-order valence-electron chi connectivity index (χ0n) is 6.89. The monoisotopic (exact) mass is 249 g/mol. The number of hydrogen-bond acceptors (Lipinski definition) is 2. The molecule has 0 heterocycles. The standard InChI is InChI=1S/C5H8O2.2CH3.Sn/c1-4(6)3-5(2)7;;;/h3,6H,1-2H3;2*1H3;/q;;;+1/p-1/b4-3-;;;. The van der Waals surface area contributed by atoms with Gasteiger partial charge >= 0.3 is 69.4 Å². The van der Waals surface area contributed by atoms with Crippen molar-refractivity contribution in [3.05, 3.63) is 11.8 Å². The summed E-state index contributed by atoms with van der Waals surface area (Å²) in [6, 6.07) is 0. The summed E-state index contributed by atoms with van der Waals surface area (Å²) in [7, 11) is 0. The molecule has 0 unspecified atom stereocenters. The van der Waals surface area contributed by atoms with Crippen LogP contribution >= 0.6 is 0 Å². The van der Waals surface area contributed by atoms with Crippen LogP contribution in [0.5, 0.6) is 0 Å². The molecule has 0 fully saturated rings. The van der Waals surface area contributed by atoms with Crippen LogP contribution in [-0.2, 0) is 7.87 Å². The molecular weight excluding hydrogens is 235 g/mol. The van der Waals surface area contributed by atoms with E-state index in [1.807, 2.05) is 6.92 Å². The number of hydrogen-bond donors (Lipinski definition) is 0. The minimum absolute atomic E-state index is 0.0575. The fourth-order valence-corrected chi connectivity index (χ4v) is 2.64. The quantitative estimate of drug-likeness (QED) is 0.432. The van der Waals surface area contributed by atoms with Gasteiger partial charge in [-0.2, -0.15) is 0 Å². The van der Waals surface area contributed by atoms with Gasteiger partial charge in [-0.25, -0.2) is 0 Å². The molecule has 1 radical (unpaired) electrons.